The van der Waals surface area contributed by atoms with E-state index in [-0.39, 0.29) is 18.1 Å². The van der Waals surface area contributed by atoms with Crippen molar-refractivity contribution in [3.05, 3.63) is 29.8 Å². The number of benzene rings is 1. The number of nitrogens with one attached hydrogen (secondary N) is 2. The Kier molecular flexibility index (Phi) is 6.63. The first-order chi connectivity index (χ1) is 12.9. The van der Waals surface area contributed by atoms with Crippen LogP contribution < -0.4 is 10.6 Å². The van der Waals surface area contributed by atoms with Crippen LogP contribution in [0.4, 0.5) is 18.9 Å². The molecule has 1 aromatic carbocycles. The molecule has 1 amide bonds. The first kappa shape index (κ1) is 20.0. The Balaban J connectivity index is 1.38. The highest BCUT2D eigenvalue weighted by atomic mass is 19.4. The van der Waals surface area contributed by atoms with Crippen molar-refractivity contribution in [2.45, 2.75) is 50.7 Å². The van der Waals surface area contributed by atoms with E-state index in [4.69, 9.17) is 0 Å². The summed E-state index contributed by atoms with van der Waals surface area (Å²) in [7, 11) is 0. The molecule has 0 unspecified atom stereocenters. The van der Waals surface area contributed by atoms with Crippen LogP contribution in [0.5, 0.6) is 0 Å². The molecule has 2 fully saturated rings. The highest BCUT2D eigenvalue weighted by Gasteiger charge is 2.33. The van der Waals surface area contributed by atoms with Crippen LogP contribution in [0.1, 0.15) is 44.1 Å². The largest absolute Gasteiger partial charge is 0.418 e. The molecule has 0 bridgehead atoms. The van der Waals surface area contributed by atoms with Crippen molar-refractivity contribution in [3.63, 3.8) is 0 Å². The van der Waals surface area contributed by atoms with Crippen LogP contribution in [0.15, 0.2) is 24.3 Å². The molecular weight excluding hydrogens is 355 g/mol. The SMILES string of the molecule is O=C(CNc1ccccc1C(F)(F)F)NCC1CCN(C2CCCC2)CC1. The molecule has 0 aromatic heterocycles. The average molecular weight is 383 g/mol. The maximum atomic E-state index is 13.0. The fourth-order valence-corrected chi connectivity index (χ4v) is 4.17. The van der Waals surface area contributed by atoms with Crippen molar-refractivity contribution in [1.82, 2.24) is 10.2 Å². The number of anilines is 1. The molecule has 3 rings (SSSR count). The summed E-state index contributed by atoms with van der Waals surface area (Å²) in [6.07, 6.45) is 3.00. The van der Waals surface area contributed by atoms with Gasteiger partial charge in [-0.25, -0.2) is 0 Å². The summed E-state index contributed by atoms with van der Waals surface area (Å²) in [6, 6.07) is 5.96. The van der Waals surface area contributed by atoms with Gasteiger partial charge in [-0.1, -0.05) is 25.0 Å². The zero-order valence-electron chi connectivity index (χ0n) is 15.5. The van der Waals surface area contributed by atoms with Crippen molar-refractivity contribution in [3.8, 4) is 0 Å². The Labute approximate surface area is 158 Å². The smallest absolute Gasteiger partial charge is 0.376 e. The number of halogens is 3. The molecule has 4 nitrogen and oxygen atoms in total. The van der Waals surface area contributed by atoms with Gasteiger partial charge in [0.15, 0.2) is 0 Å². The molecule has 1 heterocycles. The lowest BCUT2D eigenvalue weighted by Crippen LogP contribution is -2.43. The van der Waals surface area contributed by atoms with E-state index in [1.54, 1.807) is 0 Å². The number of nitrogens with zero attached hydrogens (tertiary/aromatic N) is 1. The van der Waals surface area contributed by atoms with Crippen molar-refractivity contribution in [2.24, 2.45) is 5.92 Å². The predicted octanol–water partition coefficient (Wildman–Crippen LogP) is 3.89. The first-order valence-corrected chi connectivity index (χ1v) is 9.84. The third-order valence-corrected chi connectivity index (χ3v) is 5.75. The number of rotatable bonds is 6. The fourth-order valence-electron chi connectivity index (χ4n) is 4.17. The number of amides is 1. The molecule has 0 radical (unpaired) electrons. The van der Waals surface area contributed by atoms with Crippen LogP contribution in [0.25, 0.3) is 0 Å². The second-order valence-electron chi connectivity index (χ2n) is 7.62. The zero-order chi connectivity index (χ0) is 19.3. The molecule has 1 aliphatic heterocycles. The number of likely N-dealkylation sites (tertiary alicyclic amines) is 1. The number of carbonyl (C=O) groups excluding carboxylic acids is 1. The first-order valence-electron chi connectivity index (χ1n) is 9.84. The van der Waals surface area contributed by atoms with Crippen molar-refractivity contribution >= 4 is 11.6 Å². The van der Waals surface area contributed by atoms with E-state index in [2.05, 4.69) is 15.5 Å². The van der Waals surface area contributed by atoms with Gasteiger partial charge in [-0.15, -0.1) is 0 Å². The van der Waals surface area contributed by atoms with Gasteiger partial charge in [-0.05, 0) is 56.8 Å². The number of alkyl halides is 3. The summed E-state index contributed by atoms with van der Waals surface area (Å²) in [6.45, 7) is 2.61. The zero-order valence-corrected chi connectivity index (χ0v) is 15.5. The Hall–Kier alpha value is -1.76. The quantitative estimate of drug-likeness (QED) is 0.783. The van der Waals surface area contributed by atoms with Crippen LogP contribution in [-0.2, 0) is 11.0 Å². The lowest BCUT2D eigenvalue weighted by Gasteiger charge is -2.36. The van der Waals surface area contributed by atoms with Gasteiger partial charge in [-0.3, -0.25) is 4.79 Å². The second kappa shape index (κ2) is 8.95. The maximum absolute atomic E-state index is 13.0. The molecule has 7 heteroatoms. The van der Waals surface area contributed by atoms with Gasteiger partial charge in [0.2, 0.25) is 5.91 Å². The molecule has 27 heavy (non-hydrogen) atoms. The number of hydrogen-bond donors (Lipinski definition) is 2. The Bertz CT molecular complexity index is 621. The molecular formula is C20H28F3N3O. The van der Waals surface area contributed by atoms with Crippen molar-refractivity contribution in [2.75, 3.05) is 31.5 Å². The maximum Gasteiger partial charge on any atom is 0.418 e. The van der Waals surface area contributed by atoms with Crippen LogP contribution in [0.3, 0.4) is 0 Å². The molecule has 0 atom stereocenters. The van der Waals surface area contributed by atoms with E-state index >= 15 is 0 Å². The van der Waals surface area contributed by atoms with Gasteiger partial charge in [-0.2, -0.15) is 13.2 Å². The molecule has 1 aromatic rings. The average Bonchev–Trinajstić information content (AvgIpc) is 3.19. The van der Waals surface area contributed by atoms with E-state index < -0.39 is 11.7 Å². The molecule has 2 aliphatic rings. The number of piperidine rings is 1. The highest BCUT2D eigenvalue weighted by molar-refractivity contribution is 5.81. The van der Waals surface area contributed by atoms with Gasteiger partial charge >= 0.3 is 6.18 Å². The summed E-state index contributed by atoms with van der Waals surface area (Å²) in [5, 5.41) is 5.48. The van der Waals surface area contributed by atoms with E-state index in [9.17, 15) is 18.0 Å². The minimum atomic E-state index is -4.44. The minimum Gasteiger partial charge on any atom is -0.376 e. The van der Waals surface area contributed by atoms with Gasteiger partial charge in [0.1, 0.15) is 0 Å². The fraction of sp³-hybridized carbons (Fsp3) is 0.650. The third kappa shape index (κ3) is 5.61. The van der Waals surface area contributed by atoms with E-state index in [0.29, 0.717) is 12.5 Å². The summed E-state index contributed by atoms with van der Waals surface area (Å²) < 4.78 is 38.9. The van der Waals surface area contributed by atoms with Gasteiger partial charge in [0, 0.05) is 18.3 Å². The minimum absolute atomic E-state index is 0.0648. The van der Waals surface area contributed by atoms with Gasteiger partial charge < -0.3 is 15.5 Å². The molecule has 2 N–H and O–H groups in total. The van der Waals surface area contributed by atoms with Gasteiger partial charge in [0.05, 0.1) is 12.1 Å². The summed E-state index contributed by atoms with van der Waals surface area (Å²) in [5.41, 5.74) is -0.817. The molecule has 150 valence electrons. The third-order valence-electron chi connectivity index (χ3n) is 5.75. The lowest BCUT2D eigenvalue weighted by atomic mass is 9.95. The van der Waals surface area contributed by atoms with Crippen molar-refractivity contribution in [1.29, 1.82) is 0 Å². The monoisotopic (exact) mass is 383 g/mol. The van der Waals surface area contributed by atoms with E-state index in [1.165, 1.54) is 43.9 Å². The Morgan fingerprint density at radius 3 is 2.41 bits per heavy atom. The molecule has 1 saturated carbocycles. The van der Waals surface area contributed by atoms with Gasteiger partial charge in [0.25, 0.3) is 0 Å². The second-order valence-corrected chi connectivity index (χ2v) is 7.62. The normalized spacial score (nSPS) is 20.0. The Morgan fingerprint density at radius 2 is 1.74 bits per heavy atom. The van der Waals surface area contributed by atoms with Crippen LogP contribution in [0.2, 0.25) is 0 Å². The van der Waals surface area contributed by atoms with Crippen LogP contribution in [0, 0.1) is 5.92 Å². The van der Waals surface area contributed by atoms with E-state index in [1.807, 2.05) is 0 Å². The van der Waals surface area contributed by atoms with Crippen LogP contribution >= 0.6 is 0 Å². The van der Waals surface area contributed by atoms with Crippen molar-refractivity contribution < 1.29 is 18.0 Å². The molecule has 0 spiro atoms. The molecule has 1 saturated heterocycles. The number of carbonyl (C=O) groups is 1. The topological polar surface area (TPSA) is 44.4 Å². The molecule has 1 aliphatic carbocycles. The standard InChI is InChI=1S/C20H28F3N3O/c21-20(22,23)17-7-3-4-8-18(17)24-14-19(27)25-13-15-9-11-26(12-10-15)16-5-1-2-6-16/h3-4,7-8,15-16,24H,1-2,5-6,9-14H2,(H,25,27). The van der Waals surface area contributed by atoms with Crippen LogP contribution in [-0.4, -0.2) is 43.0 Å². The number of hydrogen-bond acceptors (Lipinski definition) is 3. The Morgan fingerprint density at radius 1 is 1.07 bits per heavy atom. The summed E-state index contributed by atoms with van der Waals surface area (Å²) >= 11 is 0. The lowest BCUT2D eigenvalue weighted by molar-refractivity contribution is -0.137. The highest BCUT2D eigenvalue weighted by Crippen LogP contribution is 2.34. The summed E-state index contributed by atoms with van der Waals surface area (Å²) in [5.74, 6) is 0.180. The summed E-state index contributed by atoms with van der Waals surface area (Å²) in [4.78, 5) is 14.6. The van der Waals surface area contributed by atoms with E-state index in [0.717, 1.165) is 38.0 Å². The number of para-hydroxylation sites is 1. The predicted molar refractivity (Wildman–Crippen MR) is 99.5 cm³/mol.